The van der Waals surface area contributed by atoms with E-state index in [1.807, 2.05) is 6.92 Å². The van der Waals surface area contributed by atoms with E-state index in [2.05, 4.69) is 5.32 Å². The van der Waals surface area contributed by atoms with Crippen LogP contribution in [0.4, 0.5) is 0 Å². The van der Waals surface area contributed by atoms with Gasteiger partial charge in [-0.3, -0.25) is 4.79 Å². The summed E-state index contributed by atoms with van der Waals surface area (Å²) in [6, 6.07) is 7.29. The minimum Gasteiger partial charge on any atom is -0.494 e. The smallest absolute Gasteiger partial charge is 0.330 e. The fourth-order valence-electron chi connectivity index (χ4n) is 2.21. The maximum Gasteiger partial charge on any atom is 0.330 e. The third-order valence-electron chi connectivity index (χ3n) is 3.30. The first kappa shape index (κ1) is 18.0. The van der Waals surface area contributed by atoms with E-state index in [0.717, 1.165) is 5.56 Å². The molecule has 0 fully saturated rings. The van der Waals surface area contributed by atoms with Gasteiger partial charge < -0.3 is 19.9 Å². The Morgan fingerprint density at radius 1 is 1.25 bits per heavy atom. The van der Waals surface area contributed by atoms with Crippen LogP contribution in [0, 0.1) is 0 Å². The van der Waals surface area contributed by atoms with Crippen molar-refractivity contribution in [2.75, 3.05) is 13.7 Å². The lowest BCUT2D eigenvalue weighted by molar-refractivity contribution is -0.139. The molecule has 2 N–H and O–H groups in total. The molecule has 0 saturated carbocycles. The van der Waals surface area contributed by atoms with Gasteiger partial charge in [-0.25, -0.2) is 4.79 Å². The van der Waals surface area contributed by atoms with Crippen LogP contribution in [0.25, 0.3) is 0 Å². The number of benzene rings is 1. The first-order chi connectivity index (χ1) is 11.6. The monoisotopic (exact) mass is 349 g/mol. The molecule has 0 bridgehead atoms. The number of thiophene rings is 1. The molecule has 1 atom stereocenters. The van der Waals surface area contributed by atoms with E-state index in [1.54, 1.807) is 42.8 Å². The van der Waals surface area contributed by atoms with Gasteiger partial charge >= 0.3 is 5.97 Å². The van der Waals surface area contributed by atoms with E-state index in [9.17, 15) is 14.7 Å². The second-order valence-corrected chi connectivity index (χ2v) is 5.87. The highest BCUT2D eigenvalue weighted by Crippen LogP contribution is 2.22. The number of carboxylic acids is 1. The molecule has 2 aromatic rings. The SMILES string of the molecule is CCOc1ccc(C(NC(=O)c2sccc2COC)C(=O)O)cc1. The summed E-state index contributed by atoms with van der Waals surface area (Å²) in [5.74, 6) is -0.909. The van der Waals surface area contributed by atoms with Gasteiger partial charge in [0, 0.05) is 12.7 Å². The molecule has 128 valence electrons. The summed E-state index contributed by atoms with van der Waals surface area (Å²) >= 11 is 1.25. The van der Waals surface area contributed by atoms with Crippen molar-refractivity contribution >= 4 is 23.2 Å². The van der Waals surface area contributed by atoms with E-state index in [1.165, 1.54) is 11.3 Å². The molecule has 1 amide bonds. The van der Waals surface area contributed by atoms with Crippen molar-refractivity contribution in [3.63, 3.8) is 0 Å². The van der Waals surface area contributed by atoms with E-state index in [-0.39, 0.29) is 0 Å². The summed E-state index contributed by atoms with van der Waals surface area (Å²) in [7, 11) is 1.54. The van der Waals surface area contributed by atoms with Gasteiger partial charge in [0.2, 0.25) is 0 Å². The Kier molecular flexibility index (Phi) is 6.34. The largest absolute Gasteiger partial charge is 0.494 e. The van der Waals surface area contributed by atoms with Crippen LogP contribution in [-0.4, -0.2) is 30.7 Å². The van der Waals surface area contributed by atoms with Crippen LogP contribution in [0.15, 0.2) is 35.7 Å². The van der Waals surface area contributed by atoms with E-state index in [0.29, 0.717) is 29.4 Å². The zero-order chi connectivity index (χ0) is 17.5. The number of ether oxygens (including phenoxy) is 2. The van der Waals surface area contributed by atoms with Gasteiger partial charge in [0.1, 0.15) is 5.75 Å². The summed E-state index contributed by atoms with van der Waals surface area (Å²) in [5, 5.41) is 13.8. The van der Waals surface area contributed by atoms with Gasteiger partial charge in [0.15, 0.2) is 6.04 Å². The molecule has 0 aliphatic carbocycles. The Morgan fingerprint density at radius 2 is 1.96 bits per heavy atom. The van der Waals surface area contributed by atoms with Crippen molar-refractivity contribution in [2.45, 2.75) is 19.6 Å². The van der Waals surface area contributed by atoms with E-state index in [4.69, 9.17) is 9.47 Å². The van der Waals surface area contributed by atoms with Crippen molar-refractivity contribution in [3.8, 4) is 5.75 Å². The second-order valence-electron chi connectivity index (χ2n) is 4.95. The summed E-state index contributed by atoms with van der Waals surface area (Å²) in [4.78, 5) is 24.4. The van der Waals surface area contributed by atoms with Crippen LogP contribution < -0.4 is 10.1 Å². The molecule has 24 heavy (non-hydrogen) atoms. The molecular formula is C17H19NO5S. The molecule has 0 saturated heterocycles. The van der Waals surface area contributed by atoms with Crippen molar-refractivity contribution < 1.29 is 24.2 Å². The Hall–Kier alpha value is -2.38. The predicted octanol–water partition coefficient (Wildman–Crippen LogP) is 2.85. The van der Waals surface area contributed by atoms with E-state index < -0.39 is 17.9 Å². The third kappa shape index (κ3) is 4.33. The maximum absolute atomic E-state index is 12.4. The molecule has 0 aliphatic heterocycles. The summed E-state index contributed by atoms with van der Waals surface area (Å²) in [5.41, 5.74) is 1.21. The average Bonchev–Trinajstić information content (AvgIpc) is 3.02. The summed E-state index contributed by atoms with van der Waals surface area (Å²) in [6.45, 7) is 2.69. The summed E-state index contributed by atoms with van der Waals surface area (Å²) < 4.78 is 10.4. The number of aliphatic carboxylic acids is 1. The highest BCUT2D eigenvalue weighted by Gasteiger charge is 2.24. The number of hydrogen-bond donors (Lipinski definition) is 2. The molecule has 0 radical (unpaired) electrons. The van der Waals surface area contributed by atoms with Crippen molar-refractivity contribution in [2.24, 2.45) is 0 Å². The predicted molar refractivity (Wildman–Crippen MR) is 90.5 cm³/mol. The van der Waals surface area contributed by atoms with Crippen LogP contribution >= 0.6 is 11.3 Å². The second kappa shape index (κ2) is 8.47. The first-order valence-corrected chi connectivity index (χ1v) is 8.26. The molecule has 1 unspecified atom stereocenters. The Labute approximate surface area is 144 Å². The quantitative estimate of drug-likeness (QED) is 0.765. The van der Waals surface area contributed by atoms with Crippen LogP contribution in [0.2, 0.25) is 0 Å². The maximum atomic E-state index is 12.4. The number of rotatable bonds is 8. The lowest BCUT2D eigenvalue weighted by Gasteiger charge is -2.15. The molecule has 1 aromatic heterocycles. The molecule has 1 heterocycles. The number of methoxy groups -OCH3 is 1. The highest BCUT2D eigenvalue weighted by atomic mass is 32.1. The number of hydrogen-bond acceptors (Lipinski definition) is 5. The van der Waals surface area contributed by atoms with Gasteiger partial charge in [-0.15, -0.1) is 11.3 Å². The Bertz CT molecular complexity index is 695. The topological polar surface area (TPSA) is 84.9 Å². The highest BCUT2D eigenvalue weighted by molar-refractivity contribution is 7.12. The number of carboxylic acid groups (broad SMARTS) is 1. The van der Waals surface area contributed by atoms with Crippen molar-refractivity contribution in [1.82, 2.24) is 5.32 Å². The fourth-order valence-corrected chi connectivity index (χ4v) is 3.02. The van der Waals surface area contributed by atoms with Crippen molar-refractivity contribution in [1.29, 1.82) is 0 Å². The lowest BCUT2D eigenvalue weighted by Crippen LogP contribution is -2.33. The molecular weight excluding hydrogens is 330 g/mol. The molecule has 6 nitrogen and oxygen atoms in total. The first-order valence-electron chi connectivity index (χ1n) is 7.38. The zero-order valence-electron chi connectivity index (χ0n) is 13.4. The number of carbonyl (C=O) groups is 2. The summed E-state index contributed by atoms with van der Waals surface area (Å²) in [6.07, 6.45) is 0. The molecule has 0 spiro atoms. The van der Waals surface area contributed by atoms with Gasteiger partial charge in [0.05, 0.1) is 18.1 Å². The molecule has 7 heteroatoms. The normalized spacial score (nSPS) is 11.8. The minimum absolute atomic E-state index is 0.299. The van der Waals surface area contributed by atoms with Gasteiger partial charge in [0.25, 0.3) is 5.91 Å². The minimum atomic E-state index is -1.13. The molecule has 0 aliphatic rings. The Balaban J connectivity index is 2.17. The van der Waals surface area contributed by atoms with Crippen molar-refractivity contribution in [3.05, 3.63) is 51.7 Å². The van der Waals surface area contributed by atoms with Gasteiger partial charge in [-0.05, 0) is 36.1 Å². The van der Waals surface area contributed by atoms with Gasteiger partial charge in [-0.2, -0.15) is 0 Å². The number of carbonyl (C=O) groups excluding carboxylic acids is 1. The molecule has 2 rings (SSSR count). The van der Waals surface area contributed by atoms with Crippen LogP contribution in [0.1, 0.15) is 33.8 Å². The average molecular weight is 349 g/mol. The molecule has 1 aromatic carbocycles. The fraction of sp³-hybridized carbons (Fsp3) is 0.294. The zero-order valence-corrected chi connectivity index (χ0v) is 14.3. The van der Waals surface area contributed by atoms with Crippen LogP contribution in [-0.2, 0) is 16.1 Å². The van der Waals surface area contributed by atoms with Crippen LogP contribution in [0.5, 0.6) is 5.75 Å². The number of amides is 1. The third-order valence-corrected chi connectivity index (χ3v) is 4.26. The lowest BCUT2D eigenvalue weighted by atomic mass is 10.1. The standard InChI is InChI=1S/C17H19NO5S/c1-3-23-13-6-4-11(5-7-13)14(17(20)21)18-16(19)15-12(10-22-2)8-9-24-15/h4-9,14H,3,10H2,1-2H3,(H,18,19)(H,20,21). The van der Waals surface area contributed by atoms with Gasteiger partial charge in [-0.1, -0.05) is 12.1 Å². The number of nitrogens with one attached hydrogen (secondary N) is 1. The van der Waals surface area contributed by atoms with E-state index >= 15 is 0 Å². The Morgan fingerprint density at radius 3 is 2.54 bits per heavy atom. The van der Waals surface area contributed by atoms with Crippen LogP contribution in [0.3, 0.4) is 0 Å².